The number of rotatable bonds is 7. The zero-order chi connectivity index (χ0) is 14.4. The molecular formula is C15H32N2O. The Balaban J connectivity index is 4.11. The Morgan fingerprint density at radius 1 is 1.17 bits per heavy atom. The smallest absolute Gasteiger partial charge is 0.237 e. The molecule has 18 heavy (non-hydrogen) atoms. The Bertz CT molecular complexity index is 254. The van der Waals surface area contributed by atoms with Crippen LogP contribution in [0.1, 0.15) is 67.2 Å². The highest BCUT2D eigenvalue weighted by Crippen LogP contribution is 2.23. The minimum Gasteiger partial charge on any atom is -0.354 e. The van der Waals surface area contributed by atoms with Gasteiger partial charge < -0.3 is 11.1 Å². The Labute approximate surface area is 113 Å². The molecule has 0 aliphatic heterocycles. The Morgan fingerprint density at radius 3 is 2.17 bits per heavy atom. The molecule has 1 atom stereocenters. The van der Waals surface area contributed by atoms with Crippen LogP contribution in [0.3, 0.4) is 0 Å². The fraction of sp³-hybridized carbons (Fsp3) is 0.933. The van der Waals surface area contributed by atoms with E-state index in [9.17, 15) is 4.79 Å². The molecule has 0 bridgehead atoms. The van der Waals surface area contributed by atoms with Crippen molar-refractivity contribution in [2.24, 2.45) is 16.6 Å². The maximum absolute atomic E-state index is 11.9. The predicted octanol–water partition coefficient (Wildman–Crippen LogP) is 3.08. The molecule has 0 spiro atoms. The lowest BCUT2D eigenvalue weighted by atomic mass is 9.85. The summed E-state index contributed by atoms with van der Waals surface area (Å²) in [5, 5.41) is 2.99. The molecule has 3 N–H and O–H groups in total. The van der Waals surface area contributed by atoms with Gasteiger partial charge in [0.05, 0.1) is 6.04 Å². The van der Waals surface area contributed by atoms with Crippen molar-refractivity contribution in [3.63, 3.8) is 0 Å². The Kier molecular flexibility index (Phi) is 6.90. The zero-order valence-corrected chi connectivity index (χ0v) is 13.1. The molecule has 3 heteroatoms. The first-order chi connectivity index (χ1) is 8.10. The molecule has 0 fully saturated rings. The molecule has 0 aromatic rings. The minimum atomic E-state index is -0.441. The molecular weight excluding hydrogens is 224 g/mol. The summed E-state index contributed by atoms with van der Waals surface area (Å²) in [6, 6.07) is -0.441. The first-order valence-corrected chi connectivity index (χ1v) is 7.13. The van der Waals surface area contributed by atoms with E-state index in [1.54, 1.807) is 0 Å². The van der Waals surface area contributed by atoms with Crippen LogP contribution in [0.25, 0.3) is 0 Å². The summed E-state index contributed by atoms with van der Waals surface area (Å²) in [6.07, 6.45) is 4.87. The molecule has 0 heterocycles. The third-order valence-corrected chi connectivity index (χ3v) is 3.41. The van der Waals surface area contributed by atoms with Crippen LogP contribution in [0, 0.1) is 10.8 Å². The molecule has 0 saturated heterocycles. The van der Waals surface area contributed by atoms with Gasteiger partial charge in [0.2, 0.25) is 5.91 Å². The molecule has 3 nitrogen and oxygen atoms in total. The van der Waals surface area contributed by atoms with Gasteiger partial charge >= 0.3 is 0 Å². The number of carbonyl (C=O) groups excluding carboxylic acids is 1. The van der Waals surface area contributed by atoms with Gasteiger partial charge in [-0.2, -0.15) is 0 Å². The molecule has 1 amide bonds. The third kappa shape index (κ3) is 7.00. The van der Waals surface area contributed by atoms with Gasteiger partial charge in [0, 0.05) is 6.54 Å². The van der Waals surface area contributed by atoms with E-state index in [0.29, 0.717) is 6.54 Å². The van der Waals surface area contributed by atoms with Crippen LogP contribution in [0.5, 0.6) is 0 Å². The van der Waals surface area contributed by atoms with Crippen molar-refractivity contribution in [1.29, 1.82) is 0 Å². The second-order valence-corrected chi connectivity index (χ2v) is 7.18. The molecule has 0 unspecified atom stereocenters. The average molecular weight is 256 g/mol. The van der Waals surface area contributed by atoms with Gasteiger partial charge in [0.15, 0.2) is 0 Å². The minimum absolute atomic E-state index is 0.0360. The fourth-order valence-corrected chi connectivity index (χ4v) is 1.77. The van der Waals surface area contributed by atoms with Crippen molar-refractivity contribution in [2.45, 2.75) is 73.3 Å². The second-order valence-electron chi connectivity index (χ2n) is 7.18. The van der Waals surface area contributed by atoms with Gasteiger partial charge in [-0.05, 0) is 17.3 Å². The van der Waals surface area contributed by atoms with E-state index >= 15 is 0 Å². The maximum atomic E-state index is 11.9. The number of hydrogen-bond donors (Lipinski definition) is 2. The first kappa shape index (κ1) is 17.4. The standard InChI is InChI=1S/C15H32N2O/c1-7-8-9-10-15(5,6)11-17-13(18)12(16)14(2,3)4/h12H,7-11,16H2,1-6H3,(H,17,18)/t12-/m0/s1. The van der Waals surface area contributed by atoms with Crippen molar-refractivity contribution in [3.05, 3.63) is 0 Å². The SMILES string of the molecule is CCCCCC(C)(C)CNC(=O)[C@H](N)C(C)(C)C. The van der Waals surface area contributed by atoms with E-state index in [-0.39, 0.29) is 16.7 Å². The lowest BCUT2D eigenvalue weighted by Gasteiger charge is -2.29. The number of nitrogens with two attached hydrogens (primary N) is 1. The number of unbranched alkanes of at least 4 members (excludes halogenated alkanes) is 2. The van der Waals surface area contributed by atoms with Crippen molar-refractivity contribution < 1.29 is 4.79 Å². The molecule has 108 valence electrons. The van der Waals surface area contributed by atoms with E-state index in [0.717, 1.165) is 6.42 Å². The molecule has 0 rings (SSSR count). The second kappa shape index (κ2) is 7.13. The van der Waals surface area contributed by atoms with Gasteiger partial charge in [-0.3, -0.25) is 4.79 Å². The first-order valence-electron chi connectivity index (χ1n) is 7.13. The summed E-state index contributed by atoms with van der Waals surface area (Å²) >= 11 is 0. The van der Waals surface area contributed by atoms with Crippen LogP contribution in [-0.4, -0.2) is 18.5 Å². The van der Waals surface area contributed by atoms with Crippen LogP contribution in [0.15, 0.2) is 0 Å². The molecule has 0 saturated carbocycles. The molecule has 0 aliphatic rings. The molecule has 0 aliphatic carbocycles. The average Bonchev–Trinajstić information content (AvgIpc) is 2.24. The summed E-state index contributed by atoms with van der Waals surface area (Å²) in [4.78, 5) is 11.9. The van der Waals surface area contributed by atoms with Crippen LogP contribution in [0.4, 0.5) is 0 Å². The predicted molar refractivity (Wildman–Crippen MR) is 78.4 cm³/mol. The van der Waals surface area contributed by atoms with Gasteiger partial charge in [-0.25, -0.2) is 0 Å². The van der Waals surface area contributed by atoms with Crippen molar-refractivity contribution in [2.75, 3.05) is 6.54 Å². The number of hydrogen-bond acceptors (Lipinski definition) is 2. The van der Waals surface area contributed by atoms with E-state index in [4.69, 9.17) is 5.73 Å². The summed E-state index contributed by atoms with van der Waals surface area (Å²) in [5.41, 5.74) is 5.90. The lowest BCUT2D eigenvalue weighted by molar-refractivity contribution is -0.125. The quantitative estimate of drug-likeness (QED) is 0.688. The van der Waals surface area contributed by atoms with Crippen LogP contribution in [0.2, 0.25) is 0 Å². The van der Waals surface area contributed by atoms with Gasteiger partial charge in [0.25, 0.3) is 0 Å². The normalized spacial score (nSPS) is 14.4. The molecule has 0 aromatic heterocycles. The highest BCUT2D eigenvalue weighted by molar-refractivity contribution is 5.82. The van der Waals surface area contributed by atoms with Crippen molar-refractivity contribution in [3.8, 4) is 0 Å². The summed E-state index contributed by atoms with van der Waals surface area (Å²) in [6.45, 7) is 13.3. The third-order valence-electron chi connectivity index (χ3n) is 3.41. The number of nitrogens with one attached hydrogen (secondary N) is 1. The Morgan fingerprint density at radius 2 is 1.72 bits per heavy atom. The van der Waals surface area contributed by atoms with Gasteiger partial charge in [0.1, 0.15) is 0 Å². The Hall–Kier alpha value is -0.570. The summed E-state index contributed by atoms with van der Waals surface area (Å²) in [7, 11) is 0. The number of carbonyl (C=O) groups is 1. The van der Waals surface area contributed by atoms with Crippen LogP contribution >= 0.6 is 0 Å². The fourth-order valence-electron chi connectivity index (χ4n) is 1.77. The van der Waals surface area contributed by atoms with Crippen molar-refractivity contribution >= 4 is 5.91 Å². The van der Waals surface area contributed by atoms with Gasteiger partial charge in [-0.15, -0.1) is 0 Å². The summed E-state index contributed by atoms with van der Waals surface area (Å²) in [5.74, 6) is -0.0360. The van der Waals surface area contributed by atoms with Crippen LogP contribution in [-0.2, 0) is 4.79 Å². The topological polar surface area (TPSA) is 55.1 Å². The van der Waals surface area contributed by atoms with E-state index in [2.05, 4.69) is 26.1 Å². The van der Waals surface area contributed by atoms with Crippen LogP contribution < -0.4 is 11.1 Å². The van der Waals surface area contributed by atoms with E-state index in [1.807, 2.05) is 20.8 Å². The maximum Gasteiger partial charge on any atom is 0.237 e. The van der Waals surface area contributed by atoms with E-state index < -0.39 is 6.04 Å². The monoisotopic (exact) mass is 256 g/mol. The highest BCUT2D eigenvalue weighted by Gasteiger charge is 2.28. The molecule has 0 aromatic carbocycles. The largest absolute Gasteiger partial charge is 0.354 e. The highest BCUT2D eigenvalue weighted by atomic mass is 16.2. The van der Waals surface area contributed by atoms with Crippen molar-refractivity contribution in [1.82, 2.24) is 5.32 Å². The zero-order valence-electron chi connectivity index (χ0n) is 13.1. The summed E-state index contributed by atoms with van der Waals surface area (Å²) < 4.78 is 0. The number of amides is 1. The van der Waals surface area contributed by atoms with Gasteiger partial charge in [-0.1, -0.05) is 60.8 Å². The lowest BCUT2D eigenvalue weighted by Crippen LogP contribution is -2.50. The van der Waals surface area contributed by atoms with E-state index in [1.165, 1.54) is 19.3 Å². The molecule has 0 radical (unpaired) electrons.